The van der Waals surface area contributed by atoms with Crippen molar-refractivity contribution in [2.45, 2.75) is 36.4 Å². The number of aryl methyl sites for hydroxylation is 1. The number of halogens is 3. The Morgan fingerprint density at radius 1 is 1.02 bits per heavy atom. The predicted molar refractivity (Wildman–Crippen MR) is 168 cm³/mol. The van der Waals surface area contributed by atoms with E-state index in [0.717, 1.165) is 31.6 Å². The van der Waals surface area contributed by atoms with Crippen molar-refractivity contribution in [2.75, 3.05) is 31.2 Å². The third-order valence-corrected chi connectivity index (χ3v) is 9.46. The Labute approximate surface area is 260 Å². The lowest BCUT2D eigenvalue weighted by molar-refractivity contribution is -0.106. The highest BCUT2D eigenvalue weighted by atomic mass is 32.2. The van der Waals surface area contributed by atoms with Crippen LogP contribution in [0.2, 0.25) is 0 Å². The number of imidazole rings is 1. The van der Waals surface area contributed by atoms with Crippen LogP contribution in [0.15, 0.2) is 82.9 Å². The normalized spacial score (nSPS) is 15.4. The number of hydrogen-bond acceptors (Lipinski definition) is 7. The summed E-state index contributed by atoms with van der Waals surface area (Å²) in [7, 11) is 3.94. The SMILES string of the molecule is CN1CCC(c2ccc(Nc3ncc4cc(-c5nccn5C)c(=O)n(Cc5ccc([S+]([O-])CC(F)(F)F)cc5)c4n3)cc2)CC1. The molecular weight excluding hydrogens is 603 g/mol. The zero-order valence-electron chi connectivity index (χ0n) is 24.8. The molecule has 9 nitrogen and oxygen atoms in total. The van der Waals surface area contributed by atoms with Gasteiger partial charge >= 0.3 is 6.18 Å². The lowest BCUT2D eigenvalue weighted by Crippen LogP contribution is -2.29. The largest absolute Gasteiger partial charge is 0.611 e. The van der Waals surface area contributed by atoms with Crippen LogP contribution in [0.5, 0.6) is 0 Å². The quantitative estimate of drug-likeness (QED) is 0.226. The molecule has 3 aromatic heterocycles. The van der Waals surface area contributed by atoms with Gasteiger partial charge in [-0.25, -0.2) is 9.97 Å². The maximum absolute atomic E-state index is 13.9. The van der Waals surface area contributed by atoms with Crippen molar-refractivity contribution in [1.82, 2.24) is 29.0 Å². The summed E-state index contributed by atoms with van der Waals surface area (Å²) in [4.78, 5) is 29.9. The summed E-state index contributed by atoms with van der Waals surface area (Å²) in [5.74, 6) is -0.102. The van der Waals surface area contributed by atoms with Crippen molar-refractivity contribution in [3.63, 3.8) is 0 Å². The fourth-order valence-electron chi connectivity index (χ4n) is 5.62. The maximum Gasteiger partial charge on any atom is 0.433 e. The van der Waals surface area contributed by atoms with Gasteiger partial charge in [0.05, 0.1) is 12.1 Å². The summed E-state index contributed by atoms with van der Waals surface area (Å²) in [5.41, 5.74) is 3.13. The summed E-state index contributed by atoms with van der Waals surface area (Å²) in [6.45, 7) is 2.24. The van der Waals surface area contributed by atoms with Crippen molar-refractivity contribution >= 4 is 33.8 Å². The van der Waals surface area contributed by atoms with Gasteiger partial charge in [0.1, 0.15) is 11.5 Å². The van der Waals surface area contributed by atoms with Gasteiger partial charge in [0.25, 0.3) is 5.56 Å². The molecule has 0 aliphatic carbocycles. The number of nitrogens with zero attached hydrogens (tertiary/aromatic N) is 6. The van der Waals surface area contributed by atoms with Gasteiger partial charge in [-0.3, -0.25) is 9.36 Å². The molecule has 234 valence electrons. The molecule has 6 rings (SSSR count). The molecule has 1 aliphatic rings. The van der Waals surface area contributed by atoms with Crippen molar-refractivity contribution in [2.24, 2.45) is 7.05 Å². The van der Waals surface area contributed by atoms with Crippen LogP contribution in [0.1, 0.15) is 29.9 Å². The third kappa shape index (κ3) is 7.05. The minimum atomic E-state index is -4.54. The number of anilines is 2. The Hall–Kier alpha value is -4.20. The van der Waals surface area contributed by atoms with Crippen molar-refractivity contribution in [3.8, 4) is 11.4 Å². The average Bonchev–Trinajstić information content (AvgIpc) is 3.44. The van der Waals surface area contributed by atoms with Gasteiger partial charge in [0.2, 0.25) is 11.7 Å². The molecule has 1 saturated heterocycles. The van der Waals surface area contributed by atoms with E-state index in [1.54, 1.807) is 48.4 Å². The van der Waals surface area contributed by atoms with Crippen LogP contribution in [-0.2, 0) is 24.8 Å². The fourth-order valence-corrected chi connectivity index (χ4v) is 6.53. The number of likely N-dealkylation sites (tertiary alicyclic amines) is 1. The highest BCUT2D eigenvalue weighted by Gasteiger charge is 2.35. The molecular formula is C32H32F3N7O2S. The van der Waals surface area contributed by atoms with Gasteiger partial charge in [-0.2, -0.15) is 18.2 Å². The van der Waals surface area contributed by atoms with Gasteiger partial charge in [-0.05, 0) is 91.5 Å². The number of pyridine rings is 1. The molecule has 2 aromatic carbocycles. The molecule has 1 atom stereocenters. The molecule has 1 aliphatic heterocycles. The van der Waals surface area contributed by atoms with E-state index in [2.05, 4.69) is 39.4 Å². The van der Waals surface area contributed by atoms with E-state index in [0.29, 0.717) is 39.9 Å². The first-order valence-corrected chi connectivity index (χ1v) is 15.8. The number of hydrogen-bond donors (Lipinski definition) is 1. The van der Waals surface area contributed by atoms with Crippen LogP contribution < -0.4 is 10.9 Å². The zero-order chi connectivity index (χ0) is 31.7. The molecule has 1 fully saturated rings. The van der Waals surface area contributed by atoms with Crippen LogP contribution in [0.4, 0.5) is 24.8 Å². The minimum Gasteiger partial charge on any atom is -0.611 e. The molecule has 5 aromatic rings. The Morgan fingerprint density at radius 3 is 2.38 bits per heavy atom. The van der Waals surface area contributed by atoms with Crippen molar-refractivity contribution < 1.29 is 17.7 Å². The Balaban J connectivity index is 1.32. The second kappa shape index (κ2) is 12.7. The van der Waals surface area contributed by atoms with E-state index in [1.165, 1.54) is 22.3 Å². The summed E-state index contributed by atoms with van der Waals surface area (Å²) >= 11 is -2.22. The molecule has 0 amide bonds. The van der Waals surface area contributed by atoms with Gasteiger partial charge in [-0.1, -0.05) is 24.3 Å². The molecule has 0 radical (unpaired) electrons. The van der Waals surface area contributed by atoms with E-state index in [4.69, 9.17) is 4.98 Å². The number of alkyl halides is 3. The van der Waals surface area contributed by atoms with E-state index in [9.17, 15) is 22.5 Å². The Bertz CT molecular complexity index is 1850. The number of aromatic nitrogens is 5. The number of nitrogens with one attached hydrogen (secondary N) is 1. The first-order valence-electron chi connectivity index (χ1n) is 14.5. The average molecular weight is 636 g/mol. The van der Waals surface area contributed by atoms with E-state index >= 15 is 0 Å². The highest BCUT2D eigenvalue weighted by molar-refractivity contribution is 7.91. The van der Waals surface area contributed by atoms with Crippen LogP contribution in [0.3, 0.4) is 0 Å². The number of benzene rings is 2. The number of rotatable bonds is 8. The van der Waals surface area contributed by atoms with Crippen LogP contribution in [0, 0.1) is 0 Å². The molecule has 45 heavy (non-hydrogen) atoms. The summed E-state index contributed by atoms with van der Waals surface area (Å²) in [6.07, 6.45) is 2.70. The number of piperidine rings is 1. The van der Waals surface area contributed by atoms with Crippen LogP contribution >= 0.6 is 0 Å². The molecule has 13 heteroatoms. The molecule has 1 N–H and O–H groups in total. The zero-order valence-corrected chi connectivity index (χ0v) is 25.6. The molecule has 0 spiro atoms. The fraction of sp³-hybridized carbons (Fsp3) is 0.312. The standard InChI is InChI=1S/C32H32F3N7O2S/c1-40-14-11-23(12-15-40)22-5-7-25(8-6-22)38-31-37-18-24-17-27(29-36-13-16-41(29)2)30(43)42(28(24)39-31)19-21-3-9-26(10-4-21)45(44)20-32(33,34)35/h3-10,13,16-18,23H,11-12,14-15,19-20H2,1-2H3,(H,37,38,39). The summed E-state index contributed by atoms with van der Waals surface area (Å²) < 4.78 is 53.7. The second-order valence-electron chi connectivity index (χ2n) is 11.4. The van der Waals surface area contributed by atoms with Crippen LogP contribution in [0.25, 0.3) is 22.4 Å². The Kier molecular flexibility index (Phi) is 8.67. The lowest BCUT2D eigenvalue weighted by atomic mass is 9.89. The summed E-state index contributed by atoms with van der Waals surface area (Å²) in [5, 5.41) is 3.86. The number of fused-ring (bicyclic) bond motifs is 1. The molecule has 4 heterocycles. The first-order chi connectivity index (χ1) is 21.5. The monoisotopic (exact) mass is 635 g/mol. The lowest BCUT2D eigenvalue weighted by Gasteiger charge is -2.29. The van der Waals surface area contributed by atoms with E-state index < -0.39 is 23.1 Å². The van der Waals surface area contributed by atoms with Gasteiger partial charge in [0.15, 0.2) is 4.90 Å². The Morgan fingerprint density at radius 2 is 1.73 bits per heavy atom. The summed E-state index contributed by atoms with van der Waals surface area (Å²) in [6, 6.07) is 15.9. The van der Waals surface area contributed by atoms with Crippen LogP contribution in [-0.4, -0.2) is 65.6 Å². The molecule has 0 saturated carbocycles. The van der Waals surface area contributed by atoms with Crippen molar-refractivity contribution in [1.29, 1.82) is 0 Å². The van der Waals surface area contributed by atoms with Gasteiger partial charge in [0, 0.05) is 36.7 Å². The first kappa shape index (κ1) is 30.8. The van der Waals surface area contributed by atoms with Crippen molar-refractivity contribution in [3.05, 3.63) is 94.7 Å². The van der Waals surface area contributed by atoms with Gasteiger partial charge < -0.3 is 19.3 Å². The van der Waals surface area contributed by atoms with Gasteiger partial charge in [-0.15, -0.1) is 0 Å². The smallest absolute Gasteiger partial charge is 0.433 e. The molecule has 1 unspecified atom stereocenters. The van der Waals surface area contributed by atoms with E-state index in [-0.39, 0.29) is 17.0 Å². The van der Waals surface area contributed by atoms with E-state index in [1.807, 2.05) is 12.1 Å². The predicted octanol–water partition coefficient (Wildman–Crippen LogP) is 5.46. The minimum absolute atomic E-state index is 0.0608. The topological polar surface area (TPSA) is 104 Å². The molecule has 0 bridgehead atoms. The second-order valence-corrected chi connectivity index (χ2v) is 12.8. The third-order valence-electron chi connectivity index (χ3n) is 8.07. The highest BCUT2D eigenvalue weighted by Crippen LogP contribution is 2.29. The maximum atomic E-state index is 13.9.